The van der Waals surface area contributed by atoms with Gasteiger partial charge in [-0.15, -0.1) is 0 Å². The molecule has 0 saturated carbocycles. The minimum Gasteiger partial charge on any atom is -0.320 e. The van der Waals surface area contributed by atoms with E-state index in [1.807, 2.05) is 0 Å². The van der Waals surface area contributed by atoms with Crippen LogP contribution in [0.4, 0.5) is 18.9 Å². The first-order valence-electron chi connectivity index (χ1n) is 6.54. The van der Waals surface area contributed by atoms with Crippen molar-refractivity contribution in [2.24, 2.45) is 0 Å². The second-order valence-electron chi connectivity index (χ2n) is 5.05. The predicted octanol–water partition coefficient (Wildman–Crippen LogP) is 4.76. The summed E-state index contributed by atoms with van der Waals surface area (Å²) in [7, 11) is 0. The Morgan fingerprint density at radius 3 is 2.45 bits per heavy atom. The Bertz CT molecular complexity index is 753. The van der Waals surface area contributed by atoms with E-state index in [0.29, 0.717) is 12.2 Å². The number of aromatic nitrogens is 2. The van der Waals surface area contributed by atoms with Gasteiger partial charge in [-0.1, -0.05) is 18.5 Å². The molecule has 0 aliphatic rings. The zero-order valence-corrected chi connectivity index (χ0v) is 12.8. The molecule has 0 atom stereocenters. The monoisotopic (exact) mass is 335 g/mol. The van der Waals surface area contributed by atoms with Crippen LogP contribution in [0.15, 0.2) is 6.07 Å². The molecule has 9 heteroatoms. The average Bonchev–Trinajstić information content (AvgIpc) is 2.74. The topological polar surface area (TPSA) is 61.0 Å². The quantitative estimate of drug-likeness (QED) is 0.600. The highest BCUT2D eigenvalue weighted by Gasteiger charge is 2.39. The van der Waals surface area contributed by atoms with Crippen LogP contribution in [0.1, 0.15) is 38.2 Å². The van der Waals surface area contributed by atoms with Gasteiger partial charge in [-0.05, 0) is 19.9 Å². The summed E-state index contributed by atoms with van der Waals surface area (Å²) in [6.45, 7) is 5.32. The van der Waals surface area contributed by atoms with Crippen molar-refractivity contribution in [2.45, 2.75) is 39.4 Å². The van der Waals surface area contributed by atoms with Crippen LogP contribution in [0.2, 0.25) is 5.02 Å². The lowest BCUT2D eigenvalue weighted by Gasteiger charge is -2.14. The molecule has 22 heavy (non-hydrogen) atoms. The molecular formula is C13H13ClF3N3O2. The van der Waals surface area contributed by atoms with E-state index in [1.54, 1.807) is 25.3 Å². The fourth-order valence-corrected chi connectivity index (χ4v) is 2.76. The van der Waals surface area contributed by atoms with E-state index in [-0.39, 0.29) is 17.1 Å². The number of nitrogens with zero attached hydrogens (tertiary/aromatic N) is 3. The highest BCUT2D eigenvalue weighted by Crippen LogP contribution is 2.44. The van der Waals surface area contributed by atoms with Gasteiger partial charge in [0.2, 0.25) is 0 Å². The molecule has 0 fully saturated rings. The van der Waals surface area contributed by atoms with E-state index in [4.69, 9.17) is 11.6 Å². The number of hydrogen-bond acceptors (Lipinski definition) is 3. The number of imidazole rings is 1. The lowest BCUT2D eigenvalue weighted by atomic mass is 10.1. The van der Waals surface area contributed by atoms with Crippen LogP contribution < -0.4 is 0 Å². The number of hydrogen-bond donors (Lipinski definition) is 0. The Labute approximate surface area is 128 Å². The van der Waals surface area contributed by atoms with Crippen molar-refractivity contribution in [3.63, 3.8) is 0 Å². The van der Waals surface area contributed by atoms with Crippen molar-refractivity contribution in [3.8, 4) is 0 Å². The molecule has 0 bridgehead atoms. The summed E-state index contributed by atoms with van der Waals surface area (Å²) in [6, 6.07) is 0.564. The Morgan fingerprint density at radius 2 is 2.05 bits per heavy atom. The number of halogens is 4. The first-order valence-corrected chi connectivity index (χ1v) is 6.92. The molecule has 1 aromatic heterocycles. The van der Waals surface area contributed by atoms with E-state index in [0.717, 1.165) is 6.07 Å². The van der Waals surface area contributed by atoms with Crippen LogP contribution in [-0.4, -0.2) is 14.5 Å². The van der Waals surface area contributed by atoms with Gasteiger partial charge in [-0.25, -0.2) is 4.98 Å². The number of nitro groups is 1. The number of fused-ring (bicyclic) bond motifs is 1. The standard InChI is InChI=1S/C13H13ClF3N3O2/c1-4-9-18-8-5-7(13(15,16)17)10(14)12(20(21)22)11(8)19(9)6(2)3/h5-6H,4H2,1-3H3. The lowest BCUT2D eigenvalue weighted by Crippen LogP contribution is -2.10. The number of rotatable bonds is 3. The molecule has 0 radical (unpaired) electrons. The molecule has 0 unspecified atom stereocenters. The van der Waals surface area contributed by atoms with E-state index in [1.165, 1.54) is 0 Å². The van der Waals surface area contributed by atoms with Crippen LogP contribution in [0.25, 0.3) is 11.0 Å². The fourth-order valence-electron chi connectivity index (χ4n) is 2.44. The predicted molar refractivity (Wildman–Crippen MR) is 76.2 cm³/mol. The Balaban J connectivity index is 3.02. The molecule has 0 saturated heterocycles. The van der Waals surface area contributed by atoms with Crippen molar-refractivity contribution in [2.75, 3.05) is 0 Å². The van der Waals surface area contributed by atoms with E-state index >= 15 is 0 Å². The Morgan fingerprint density at radius 1 is 1.45 bits per heavy atom. The third kappa shape index (κ3) is 2.51. The number of benzene rings is 1. The van der Waals surface area contributed by atoms with Gasteiger partial charge >= 0.3 is 11.9 Å². The van der Waals surface area contributed by atoms with Crippen LogP contribution >= 0.6 is 11.6 Å². The summed E-state index contributed by atoms with van der Waals surface area (Å²) in [6.07, 6.45) is -4.35. The van der Waals surface area contributed by atoms with Gasteiger partial charge in [0.25, 0.3) is 0 Å². The fraction of sp³-hybridized carbons (Fsp3) is 0.462. The molecule has 0 spiro atoms. The third-order valence-electron chi connectivity index (χ3n) is 3.28. The normalized spacial score (nSPS) is 12.4. The molecule has 0 aliphatic heterocycles. The minimum atomic E-state index is -4.79. The van der Waals surface area contributed by atoms with Gasteiger partial charge in [0.1, 0.15) is 16.4 Å². The summed E-state index contributed by atoms with van der Waals surface area (Å²) in [5.41, 5.74) is -2.05. The van der Waals surface area contributed by atoms with Crippen LogP contribution in [0.3, 0.4) is 0 Å². The van der Waals surface area contributed by atoms with Crippen LogP contribution in [-0.2, 0) is 12.6 Å². The summed E-state index contributed by atoms with van der Waals surface area (Å²) in [5, 5.41) is 10.4. The van der Waals surface area contributed by atoms with Crippen molar-refractivity contribution in [1.29, 1.82) is 0 Å². The maximum atomic E-state index is 13.0. The number of alkyl halides is 3. The summed E-state index contributed by atoms with van der Waals surface area (Å²) in [4.78, 5) is 14.5. The van der Waals surface area contributed by atoms with Gasteiger partial charge in [-0.2, -0.15) is 13.2 Å². The van der Waals surface area contributed by atoms with Gasteiger partial charge in [-0.3, -0.25) is 10.1 Å². The van der Waals surface area contributed by atoms with Gasteiger partial charge in [0.15, 0.2) is 0 Å². The largest absolute Gasteiger partial charge is 0.418 e. The maximum absolute atomic E-state index is 13.0. The van der Waals surface area contributed by atoms with Gasteiger partial charge in [0, 0.05) is 12.5 Å². The maximum Gasteiger partial charge on any atom is 0.418 e. The number of nitro benzene ring substituents is 1. The van der Waals surface area contributed by atoms with Crippen molar-refractivity contribution in [1.82, 2.24) is 9.55 Å². The lowest BCUT2D eigenvalue weighted by molar-refractivity contribution is -0.383. The van der Waals surface area contributed by atoms with Gasteiger partial charge in [0.05, 0.1) is 16.0 Å². The van der Waals surface area contributed by atoms with Crippen molar-refractivity contribution >= 4 is 28.3 Å². The van der Waals surface area contributed by atoms with Crippen molar-refractivity contribution < 1.29 is 18.1 Å². The molecule has 2 rings (SSSR count). The number of aryl methyl sites for hydroxylation is 1. The van der Waals surface area contributed by atoms with Crippen LogP contribution in [0.5, 0.6) is 0 Å². The zero-order chi connectivity index (χ0) is 16.8. The third-order valence-corrected chi connectivity index (χ3v) is 3.66. The van der Waals surface area contributed by atoms with Gasteiger partial charge < -0.3 is 4.57 Å². The molecule has 0 amide bonds. The highest BCUT2D eigenvalue weighted by atomic mass is 35.5. The molecule has 0 N–H and O–H groups in total. The minimum absolute atomic E-state index is 0.0230. The molecule has 1 aromatic carbocycles. The zero-order valence-electron chi connectivity index (χ0n) is 12.0. The highest BCUT2D eigenvalue weighted by molar-refractivity contribution is 6.34. The second-order valence-corrected chi connectivity index (χ2v) is 5.43. The molecule has 120 valence electrons. The first-order chi connectivity index (χ1) is 10.1. The SMILES string of the molecule is CCc1nc2cc(C(F)(F)F)c(Cl)c([N+](=O)[O-])c2n1C(C)C. The molecule has 0 aliphatic carbocycles. The van der Waals surface area contributed by atoms with E-state index < -0.39 is 27.4 Å². The summed E-state index contributed by atoms with van der Waals surface area (Å²) in [5.74, 6) is 0.475. The van der Waals surface area contributed by atoms with Crippen molar-refractivity contribution in [3.05, 3.63) is 32.6 Å². The molecule has 2 aromatic rings. The molecule has 5 nitrogen and oxygen atoms in total. The average molecular weight is 336 g/mol. The first kappa shape index (κ1) is 16.5. The molecular weight excluding hydrogens is 323 g/mol. The van der Waals surface area contributed by atoms with E-state index in [9.17, 15) is 23.3 Å². The Hall–Kier alpha value is -1.83. The second kappa shape index (κ2) is 5.42. The Kier molecular flexibility index (Phi) is 4.08. The molecule has 1 heterocycles. The summed E-state index contributed by atoms with van der Waals surface area (Å²) >= 11 is 5.69. The van der Waals surface area contributed by atoms with E-state index in [2.05, 4.69) is 4.98 Å². The smallest absolute Gasteiger partial charge is 0.320 e. The van der Waals surface area contributed by atoms with Crippen LogP contribution in [0, 0.1) is 10.1 Å². The summed E-state index contributed by atoms with van der Waals surface area (Å²) < 4.78 is 40.6.